The third kappa shape index (κ3) is 3.54. The summed E-state index contributed by atoms with van der Waals surface area (Å²) >= 11 is 0. The minimum atomic E-state index is -0.248. The predicted molar refractivity (Wildman–Crippen MR) is 87.7 cm³/mol. The number of nitrogens with one attached hydrogen (secondary N) is 1. The molecule has 8 nitrogen and oxygen atoms in total. The Kier molecular flexibility index (Phi) is 4.46. The first kappa shape index (κ1) is 16.2. The van der Waals surface area contributed by atoms with Gasteiger partial charge in [-0.1, -0.05) is 5.16 Å². The van der Waals surface area contributed by atoms with E-state index in [1.807, 2.05) is 0 Å². The van der Waals surface area contributed by atoms with E-state index < -0.39 is 0 Å². The SMILES string of the molecule is O=C(NC1CCc2onc(CN3CC[C@@H](O)C3)c2C1)c1cnccn1. The smallest absolute Gasteiger partial charge is 0.271 e. The van der Waals surface area contributed by atoms with Crippen molar-refractivity contribution in [3.8, 4) is 0 Å². The molecule has 2 aromatic rings. The number of carbonyl (C=O) groups is 1. The van der Waals surface area contributed by atoms with Crippen LogP contribution in [0, 0.1) is 0 Å². The largest absolute Gasteiger partial charge is 0.392 e. The Morgan fingerprint density at radius 1 is 1.40 bits per heavy atom. The van der Waals surface area contributed by atoms with E-state index >= 15 is 0 Å². The Labute approximate surface area is 145 Å². The van der Waals surface area contributed by atoms with E-state index in [1.165, 1.54) is 12.4 Å². The van der Waals surface area contributed by atoms with Crippen LogP contribution in [-0.2, 0) is 19.4 Å². The van der Waals surface area contributed by atoms with Gasteiger partial charge in [0.05, 0.1) is 12.3 Å². The topological polar surface area (TPSA) is 104 Å². The zero-order chi connectivity index (χ0) is 17.2. The summed E-state index contributed by atoms with van der Waals surface area (Å²) in [6.45, 7) is 2.23. The number of β-amino-alcohol motifs (C(OH)–C–C–N with tert-alkyl or cyclic N) is 1. The molecule has 0 radical (unpaired) electrons. The highest BCUT2D eigenvalue weighted by Crippen LogP contribution is 2.26. The molecule has 25 heavy (non-hydrogen) atoms. The van der Waals surface area contributed by atoms with Crippen LogP contribution in [0.25, 0.3) is 0 Å². The van der Waals surface area contributed by atoms with Crippen molar-refractivity contribution < 1.29 is 14.4 Å². The molecule has 2 aliphatic rings. The number of carbonyl (C=O) groups excluding carboxylic acids is 1. The van der Waals surface area contributed by atoms with Gasteiger partial charge in [0.2, 0.25) is 0 Å². The first-order valence-electron chi connectivity index (χ1n) is 8.62. The lowest BCUT2D eigenvalue weighted by molar-refractivity contribution is 0.0927. The van der Waals surface area contributed by atoms with E-state index in [-0.39, 0.29) is 18.1 Å². The number of aromatic nitrogens is 3. The Bertz CT molecular complexity index is 748. The van der Waals surface area contributed by atoms with Crippen LogP contribution in [0.2, 0.25) is 0 Å². The fraction of sp³-hybridized carbons (Fsp3) is 0.529. The van der Waals surface area contributed by atoms with E-state index in [4.69, 9.17) is 4.52 Å². The molecule has 0 aromatic carbocycles. The summed E-state index contributed by atoms with van der Waals surface area (Å²) in [5, 5.41) is 16.9. The van der Waals surface area contributed by atoms with Crippen LogP contribution in [0.1, 0.15) is 40.3 Å². The third-order valence-corrected chi connectivity index (χ3v) is 4.87. The van der Waals surface area contributed by atoms with Crippen molar-refractivity contribution in [3.63, 3.8) is 0 Å². The maximum Gasteiger partial charge on any atom is 0.271 e. The van der Waals surface area contributed by atoms with Gasteiger partial charge in [0.1, 0.15) is 17.1 Å². The van der Waals surface area contributed by atoms with E-state index in [0.29, 0.717) is 25.2 Å². The molecule has 2 aromatic heterocycles. The third-order valence-electron chi connectivity index (χ3n) is 4.87. The monoisotopic (exact) mass is 343 g/mol. The maximum absolute atomic E-state index is 12.3. The average molecular weight is 343 g/mol. The van der Waals surface area contributed by atoms with Crippen LogP contribution < -0.4 is 5.32 Å². The molecule has 132 valence electrons. The van der Waals surface area contributed by atoms with Gasteiger partial charge in [0, 0.05) is 50.1 Å². The molecule has 2 N–H and O–H groups in total. The van der Waals surface area contributed by atoms with E-state index in [9.17, 15) is 9.90 Å². The quantitative estimate of drug-likeness (QED) is 0.824. The lowest BCUT2D eigenvalue weighted by Crippen LogP contribution is -2.39. The molecule has 3 heterocycles. The number of rotatable bonds is 4. The number of aliphatic hydroxyl groups is 1. The first-order valence-corrected chi connectivity index (χ1v) is 8.62. The van der Waals surface area contributed by atoms with E-state index in [2.05, 4.69) is 25.3 Å². The van der Waals surface area contributed by atoms with Crippen molar-refractivity contribution in [1.82, 2.24) is 25.3 Å². The van der Waals surface area contributed by atoms with Gasteiger partial charge in [-0.15, -0.1) is 0 Å². The van der Waals surface area contributed by atoms with Crippen LogP contribution in [0.15, 0.2) is 23.1 Å². The average Bonchev–Trinajstić information content (AvgIpc) is 3.22. The standard InChI is InChI=1S/C17H21N5O3/c23-12-3-6-22(9-12)10-15-13-7-11(1-2-16(13)25-21-15)20-17(24)14-8-18-4-5-19-14/h4-5,8,11-12,23H,1-3,6-7,9-10H2,(H,20,24)/t11?,12-/m1/s1. The van der Waals surface area contributed by atoms with Gasteiger partial charge in [-0.25, -0.2) is 4.98 Å². The molecule has 8 heteroatoms. The zero-order valence-electron chi connectivity index (χ0n) is 13.9. The molecule has 1 unspecified atom stereocenters. The summed E-state index contributed by atoms with van der Waals surface area (Å²) in [6, 6.07) is 0.0318. The highest BCUT2D eigenvalue weighted by atomic mass is 16.5. The van der Waals surface area contributed by atoms with Gasteiger partial charge >= 0.3 is 0 Å². The molecule has 0 spiro atoms. The highest BCUT2D eigenvalue weighted by Gasteiger charge is 2.29. The lowest BCUT2D eigenvalue weighted by atomic mass is 9.92. The van der Waals surface area contributed by atoms with Crippen LogP contribution in [-0.4, -0.2) is 56.3 Å². The molecule has 4 rings (SSSR count). The first-order chi connectivity index (χ1) is 12.2. The van der Waals surface area contributed by atoms with Gasteiger partial charge in [-0.05, 0) is 19.3 Å². The predicted octanol–water partition coefficient (Wildman–Crippen LogP) is 0.318. The summed E-state index contributed by atoms with van der Waals surface area (Å²) in [5.74, 6) is 0.710. The van der Waals surface area contributed by atoms with Crippen molar-refractivity contribution in [3.05, 3.63) is 41.3 Å². The summed E-state index contributed by atoms with van der Waals surface area (Å²) in [5.41, 5.74) is 2.34. The fourth-order valence-electron chi connectivity index (χ4n) is 3.55. The van der Waals surface area contributed by atoms with Gasteiger partial charge < -0.3 is 14.9 Å². The van der Waals surface area contributed by atoms with Crippen LogP contribution in [0.3, 0.4) is 0 Å². The number of aryl methyl sites for hydroxylation is 1. The minimum Gasteiger partial charge on any atom is -0.392 e. The number of aliphatic hydroxyl groups excluding tert-OH is 1. The number of hydrogen-bond donors (Lipinski definition) is 2. The number of fused-ring (bicyclic) bond motifs is 1. The second-order valence-electron chi connectivity index (χ2n) is 6.71. The van der Waals surface area contributed by atoms with Crippen molar-refractivity contribution in [2.45, 2.75) is 44.4 Å². The van der Waals surface area contributed by atoms with Crippen molar-refractivity contribution in [2.24, 2.45) is 0 Å². The van der Waals surface area contributed by atoms with Crippen molar-refractivity contribution in [2.75, 3.05) is 13.1 Å². The summed E-state index contributed by atoms with van der Waals surface area (Å²) < 4.78 is 5.49. The molecule has 2 atom stereocenters. The Hall–Kier alpha value is -2.32. The van der Waals surface area contributed by atoms with Crippen LogP contribution in [0.4, 0.5) is 0 Å². The maximum atomic E-state index is 12.3. The van der Waals surface area contributed by atoms with Crippen molar-refractivity contribution >= 4 is 5.91 Å². The highest BCUT2D eigenvalue weighted by molar-refractivity contribution is 5.92. The van der Waals surface area contributed by atoms with Crippen molar-refractivity contribution in [1.29, 1.82) is 0 Å². The normalized spacial score (nSPS) is 23.4. The molecule has 1 aliphatic carbocycles. The molecule has 0 bridgehead atoms. The summed E-state index contributed by atoms with van der Waals surface area (Å²) in [7, 11) is 0. The number of likely N-dealkylation sites (tertiary alicyclic amines) is 1. The molecule has 1 amide bonds. The molecule has 1 fully saturated rings. The Morgan fingerprint density at radius 3 is 3.08 bits per heavy atom. The van der Waals surface area contributed by atoms with Gasteiger partial charge in [-0.2, -0.15) is 0 Å². The van der Waals surface area contributed by atoms with E-state index in [1.54, 1.807) is 6.20 Å². The zero-order valence-corrected chi connectivity index (χ0v) is 13.9. The molecular weight excluding hydrogens is 322 g/mol. The fourth-order valence-corrected chi connectivity index (χ4v) is 3.55. The minimum absolute atomic E-state index is 0.0318. The molecule has 1 aliphatic heterocycles. The Morgan fingerprint density at radius 2 is 2.32 bits per heavy atom. The van der Waals surface area contributed by atoms with Crippen LogP contribution in [0.5, 0.6) is 0 Å². The second-order valence-corrected chi connectivity index (χ2v) is 6.71. The molecule has 1 saturated heterocycles. The summed E-state index contributed by atoms with van der Waals surface area (Å²) in [6.07, 6.45) is 7.35. The molecule has 0 saturated carbocycles. The molecular formula is C17H21N5O3. The summed E-state index contributed by atoms with van der Waals surface area (Å²) in [4.78, 5) is 22.4. The lowest BCUT2D eigenvalue weighted by Gasteiger charge is -2.23. The Balaban J connectivity index is 1.42. The number of nitrogens with zero attached hydrogens (tertiary/aromatic N) is 4. The number of hydrogen-bond acceptors (Lipinski definition) is 7. The van der Waals surface area contributed by atoms with Gasteiger partial charge in [0.25, 0.3) is 5.91 Å². The van der Waals surface area contributed by atoms with Gasteiger partial charge in [-0.3, -0.25) is 14.7 Å². The van der Waals surface area contributed by atoms with Crippen LogP contribution >= 0.6 is 0 Å². The van der Waals surface area contributed by atoms with Gasteiger partial charge in [0.15, 0.2) is 0 Å². The number of amides is 1. The van der Waals surface area contributed by atoms with E-state index in [0.717, 1.165) is 42.8 Å². The second kappa shape index (κ2) is 6.89.